The van der Waals surface area contributed by atoms with Crippen LogP contribution in [0, 0.1) is 12.7 Å². The molecule has 3 aromatic rings. The topological polar surface area (TPSA) is 76.5 Å². The van der Waals surface area contributed by atoms with Crippen molar-refractivity contribution in [3.05, 3.63) is 58.2 Å². The third-order valence-electron chi connectivity index (χ3n) is 6.68. The lowest BCUT2D eigenvalue weighted by Gasteiger charge is -2.33. The Morgan fingerprint density at radius 3 is 2.59 bits per heavy atom. The molecule has 1 aromatic heterocycles. The van der Waals surface area contributed by atoms with E-state index in [1.54, 1.807) is 13.8 Å². The van der Waals surface area contributed by atoms with Crippen LogP contribution in [0.4, 0.5) is 19.0 Å². The van der Waals surface area contributed by atoms with Crippen molar-refractivity contribution in [1.29, 1.82) is 0 Å². The van der Waals surface area contributed by atoms with Crippen LogP contribution in [0.1, 0.15) is 60.3 Å². The summed E-state index contributed by atoms with van der Waals surface area (Å²) in [5.74, 6) is 0.683. The lowest BCUT2D eigenvalue weighted by Crippen LogP contribution is -2.33. The molecule has 2 aliphatic heterocycles. The zero-order chi connectivity index (χ0) is 24.0. The van der Waals surface area contributed by atoms with Crippen molar-refractivity contribution in [2.24, 2.45) is 0 Å². The molecule has 1 fully saturated rings. The van der Waals surface area contributed by atoms with Gasteiger partial charge in [-0.25, -0.2) is 23.1 Å². The predicted molar refractivity (Wildman–Crippen MR) is 121 cm³/mol. The quantitative estimate of drug-likeness (QED) is 0.536. The number of aryl methyl sites for hydroxylation is 1. The summed E-state index contributed by atoms with van der Waals surface area (Å²) in [6, 6.07) is 5.19. The Labute approximate surface area is 195 Å². The van der Waals surface area contributed by atoms with Crippen LogP contribution in [0.5, 0.6) is 5.75 Å². The van der Waals surface area contributed by atoms with Gasteiger partial charge in [-0.05, 0) is 19.9 Å². The summed E-state index contributed by atoms with van der Waals surface area (Å²) < 4.78 is 52.6. The fraction of sp³-hybridized carbons (Fsp3) is 0.440. The smallest absolute Gasteiger partial charge is 0.266 e. The summed E-state index contributed by atoms with van der Waals surface area (Å²) in [7, 11) is 0. The highest BCUT2D eigenvalue weighted by Gasteiger charge is 2.38. The molecule has 3 heterocycles. The van der Waals surface area contributed by atoms with E-state index in [1.165, 1.54) is 12.1 Å². The number of alkyl halides is 2. The highest BCUT2D eigenvalue weighted by Crippen LogP contribution is 2.45. The number of nitrogens with zero attached hydrogens (tertiary/aromatic N) is 2. The average Bonchev–Trinajstić information content (AvgIpc) is 3.29. The summed E-state index contributed by atoms with van der Waals surface area (Å²) in [6.45, 7) is 4.82. The number of anilines is 1. The van der Waals surface area contributed by atoms with Crippen LogP contribution in [-0.2, 0) is 16.8 Å². The monoisotopic (exact) mass is 473 g/mol. The minimum absolute atomic E-state index is 0.120. The molecule has 0 bridgehead atoms. The van der Waals surface area contributed by atoms with Crippen LogP contribution in [0.3, 0.4) is 0 Å². The molecule has 2 N–H and O–H groups in total. The molecule has 0 aliphatic carbocycles. The normalized spacial score (nSPS) is 18.1. The summed E-state index contributed by atoms with van der Waals surface area (Å²) in [5.41, 5.74) is 0.663. The Hall–Kier alpha value is -2.91. The van der Waals surface area contributed by atoms with Crippen molar-refractivity contribution >= 4 is 16.7 Å². The molecule has 180 valence electrons. The Morgan fingerprint density at radius 2 is 1.85 bits per heavy atom. The number of aromatic nitrogens is 2. The number of rotatable bonds is 5. The number of nitrogens with one attached hydrogen (secondary N) is 1. The highest BCUT2D eigenvalue weighted by molar-refractivity contribution is 5.94. The Kier molecular flexibility index (Phi) is 5.85. The van der Waals surface area contributed by atoms with Gasteiger partial charge in [-0.15, -0.1) is 0 Å². The van der Waals surface area contributed by atoms with Crippen LogP contribution in [-0.4, -0.2) is 34.9 Å². The van der Waals surface area contributed by atoms with Crippen LogP contribution in [0.15, 0.2) is 24.3 Å². The molecule has 1 unspecified atom stereocenters. The van der Waals surface area contributed by atoms with E-state index >= 15 is 0 Å². The minimum Gasteiger partial charge on any atom is -0.492 e. The van der Waals surface area contributed by atoms with Gasteiger partial charge in [0.05, 0.1) is 29.3 Å². The van der Waals surface area contributed by atoms with E-state index in [0.29, 0.717) is 72.9 Å². The molecule has 1 saturated heterocycles. The van der Waals surface area contributed by atoms with Gasteiger partial charge in [0.2, 0.25) is 0 Å². The predicted octanol–water partition coefficient (Wildman–Crippen LogP) is 5.12. The molecule has 0 saturated carbocycles. The Bertz CT molecular complexity index is 1250. The second kappa shape index (κ2) is 8.70. The Balaban J connectivity index is 1.62. The first-order chi connectivity index (χ1) is 16.3. The number of benzene rings is 2. The van der Waals surface area contributed by atoms with Gasteiger partial charge >= 0.3 is 0 Å². The standard InChI is InChI=1S/C25H26F3N3O3/c1-13(15-4-3-5-16(20(15)26)23(27)28)29-24-18-12-19(25(32)7-10-33-11-8-25)22-17(6-9-34-22)21(18)30-14(2)31-24/h3-5,12-13,23,32H,6-11H2,1-2H3,(H,29,30,31). The van der Waals surface area contributed by atoms with Gasteiger partial charge in [-0.3, -0.25) is 0 Å². The van der Waals surface area contributed by atoms with E-state index < -0.39 is 29.4 Å². The maximum atomic E-state index is 14.8. The number of halogens is 3. The first-order valence-corrected chi connectivity index (χ1v) is 11.4. The molecule has 2 aliphatic rings. The molecule has 6 nitrogen and oxygen atoms in total. The SMILES string of the molecule is Cc1nc(NC(C)c2cccc(C(F)F)c2F)c2cc(C3(O)CCOCC3)c3c(c2n1)CCO3. The van der Waals surface area contributed by atoms with Gasteiger partial charge in [0, 0.05) is 54.6 Å². The number of fused-ring (bicyclic) bond motifs is 3. The molecular formula is C25H26F3N3O3. The Morgan fingerprint density at radius 1 is 1.12 bits per heavy atom. The summed E-state index contributed by atoms with van der Waals surface area (Å²) >= 11 is 0. The van der Waals surface area contributed by atoms with Crippen LogP contribution < -0.4 is 10.1 Å². The van der Waals surface area contributed by atoms with Crippen molar-refractivity contribution < 1.29 is 27.8 Å². The highest BCUT2D eigenvalue weighted by atomic mass is 19.3. The number of aliphatic hydroxyl groups is 1. The van der Waals surface area contributed by atoms with E-state index in [9.17, 15) is 18.3 Å². The van der Waals surface area contributed by atoms with Crippen molar-refractivity contribution in [2.45, 2.75) is 51.2 Å². The van der Waals surface area contributed by atoms with Gasteiger partial charge in [0.15, 0.2) is 0 Å². The number of hydrogen-bond acceptors (Lipinski definition) is 6. The van der Waals surface area contributed by atoms with Crippen molar-refractivity contribution in [1.82, 2.24) is 9.97 Å². The maximum Gasteiger partial charge on any atom is 0.266 e. The fourth-order valence-corrected chi connectivity index (χ4v) is 4.87. The zero-order valence-electron chi connectivity index (χ0n) is 19.0. The third kappa shape index (κ3) is 3.86. The summed E-state index contributed by atoms with van der Waals surface area (Å²) in [5, 5.41) is 15.3. The number of hydrogen-bond donors (Lipinski definition) is 2. The van der Waals surface area contributed by atoms with Crippen LogP contribution in [0.25, 0.3) is 10.9 Å². The fourth-order valence-electron chi connectivity index (χ4n) is 4.87. The van der Waals surface area contributed by atoms with Gasteiger partial charge < -0.3 is 19.9 Å². The molecule has 2 aromatic carbocycles. The summed E-state index contributed by atoms with van der Waals surface area (Å²) in [4.78, 5) is 9.19. The molecular weight excluding hydrogens is 447 g/mol. The van der Waals surface area contributed by atoms with Crippen LogP contribution in [0.2, 0.25) is 0 Å². The molecule has 0 radical (unpaired) electrons. The van der Waals surface area contributed by atoms with E-state index in [4.69, 9.17) is 9.47 Å². The summed E-state index contributed by atoms with van der Waals surface area (Å²) in [6.07, 6.45) is -1.39. The van der Waals surface area contributed by atoms with Gasteiger partial charge in [-0.1, -0.05) is 18.2 Å². The second-order valence-electron chi connectivity index (χ2n) is 8.91. The van der Waals surface area contributed by atoms with Crippen molar-refractivity contribution in [2.75, 3.05) is 25.1 Å². The van der Waals surface area contributed by atoms with Crippen molar-refractivity contribution in [3.8, 4) is 5.75 Å². The molecule has 34 heavy (non-hydrogen) atoms. The van der Waals surface area contributed by atoms with Crippen molar-refractivity contribution in [3.63, 3.8) is 0 Å². The maximum absolute atomic E-state index is 14.8. The average molecular weight is 473 g/mol. The zero-order valence-corrected chi connectivity index (χ0v) is 19.0. The van der Waals surface area contributed by atoms with E-state index in [1.807, 2.05) is 6.07 Å². The van der Waals surface area contributed by atoms with E-state index in [2.05, 4.69) is 15.3 Å². The lowest BCUT2D eigenvalue weighted by atomic mass is 9.84. The van der Waals surface area contributed by atoms with Gasteiger partial charge in [0.25, 0.3) is 6.43 Å². The molecule has 9 heteroatoms. The third-order valence-corrected chi connectivity index (χ3v) is 6.68. The molecule has 0 spiro atoms. The van der Waals surface area contributed by atoms with E-state index in [-0.39, 0.29) is 5.56 Å². The van der Waals surface area contributed by atoms with E-state index in [0.717, 1.165) is 11.6 Å². The second-order valence-corrected chi connectivity index (χ2v) is 8.91. The molecule has 5 rings (SSSR count). The number of ether oxygens (including phenoxy) is 2. The first kappa shape index (κ1) is 22.9. The molecule has 1 atom stereocenters. The first-order valence-electron chi connectivity index (χ1n) is 11.4. The largest absolute Gasteiger partial charge is 0.492 e. The van der Waals surface area contributed by atoms with Gasteiger partial charge in [0.1, 0.15) is 23.2 Å². The minimum atomic E-state index is -2.90. The lowest BCUT2D eigenvalue weighted by molar-refractivity contribution is -0.0688. The van der Waals surface area contributed by atoms with Crippen LogP contribution >= 0.6 is 0 Å². The molecule has 0 amide bonds. The van der Waals surface area contributed by atoms with Gasteiger partial charge in [-0.2, -0.15) is 0 Å².